The van der Waals surface area contributed by atoms with E-state index >= 15 is 0 Å². The van der Waals surface area contributed by atoms with Crippen molar-refractivity contribution in [3.05, 3.63) is 18.2 Å². The van der Waals surface area contributed by atoms with Gasteiger partial charge in [-0.25, -0.2) is 4.98 Å². The number of hydrogen-bond donors (Lipinski definition) is 0. The molecule has 0 aromatic carbocycles. The van der Waals surface area contributed by atoms with Crippen molar-refractivity contribution in [3.8, 4) is 0 Å². The fourth-order valence-corrected chi connectivity index (χ4v) is 4.83. The first-order valence-electron chi connectivity index (χ1n) is 9.75. The van der Waals surface area contributed by atoms with Crippen molar-refractivity contribution in [1.29, 1.82) is 0 Å². The van der Waals surface area contributed by atoms with E-state index in [-0.39, 0.29) is 0 Å². The molecule has 1 aromatic heterocycles. The second-order valence-corrected chi connectivity index (χ2v) is 8.67. The van der Waals surface area contributed by atoms with Crippen molar-refractivity contribution < 1.29 is 4.79 Å². The Morgan fingerprint density at radius 3 is 2.84 bits per heavy atom. The number of carbonyl (C=O) groups excluding carboxylic acids is 1. The molecule has 1 amide bonds. The van der Waals surface area contributed by atoms with Crippen LogP contribution in [0.2, 0.25) is 0 Å². The number of likely N-dealkylation sites (tertiary alicyclic amines) is 2. The summed E-state index contributed by atoms with van der Waals surface area (Å²) in [4.78, 5) is 21.8. The monoisotopic (exact) mass is 364 g/mol. The Labute approximate surface area is 156 Å². The van der Waals surface area contributed by atoms with Crippen LogP contribution in [0.4, 0.5) is 0 Å². The van der Waals surface area contributed by atoms with Crippen LogP contribution < -0.4 is 0 Å². The molecule has 25 heavy (non-hydrogen) atoms. The van der Waals surface area contributed by atoms with E-state index in [4.69, 9.17) is 0 Å². The Morgan fingerprint density at radius 2 is 2.08 bits per heavy atom. The van der Waals surface area contributed by atoms with Crippen LogP contribution in [0.1, 0.15) is 57.3 Å². The molecule has 2 aliphatic heterocycles. The number of aromatic nitrogens is 2. The normalized spacial score (nSPS) is 22.0. The topological polar surface area (TPSA) is 41.4 Å². The molecule has 0 spiro atoms. The molecule has 1 aromatic rings. The van der Waals surface area contributed by atoms with Crippen LogP contribution in [-0.4, -0.2) is 69.5 Å². The zero-order chi connectivity index (χ0) is 17.6. The molecule has 2 fully saturated rings. The predicted octanol–water partition coefficient (Wildman–Crippen LogP) is 3.00. The molecule has 2 saturated heterocycles. The molecule has 0 aliphatic carbocycles. The minimum atomic E-state index is 0.304. The molecular weight excluding hydrogens is 332 g/mol. The highest BCUT2D eigenvalue weighted by Crippen LogP contribution is 2.27. The quantitative estimate of drug-likeness (QED) is 0.698. The summed E-state index contributed by atoms with van der Waals surface area (Å²) < 4.78 is 2.25. The average Bonchev–Trinajstić information content (AvgIpc) is 3.30. The van der Waals surface area contributed by atoms with E-state index in [1.54, 1.807) is 11.8 Å². The highest BCUT2D eigenvalue weighted by Gasteiger charge is 2.27. The van der Waals surface area contributed by atoms with Crippen molar-refractivity contribution >= 4 is 17.7 Å². The summed E-state index contributed by atoms with van der Waals surface area (Å²) in [6, 6.07) is 0.421. The molecule has 140 valence electrons. The molecule has 0 saturated carbocycles. The summed E-state index contributed by atoms with van der Waals surface area (Å²) in [6.07, 6.45) is 8.85. The van der Waals surface area contributed by atoms with Crippen LogP contribution in [0.15, 0.2) is 12.4 Å². The molecule has 0 N–H and O–H groups in total. The fourth-order valence-electron chi connectivity index (χ4n) is 3.94. The summed E-state index contributed by atoms with van der Waals surface area (Å²) in [7, 11) is 0. The van der Waals surface area contributed by atoms with Crippen molar-refractivity contribution in [2.24, 2.45) is 0 Å². The number of amides is 1. The van der Waals surface area contributed by atoms with Crippen molar-refractivity contribution in [1.82, 2.24) is 19.4 Å². The number of carbonyl (C=O) groups is 1. The van der Waals surface area contributed by atoms with E-state index in [1.165, 1.54) is 25.9 Å². The third-order valence-corrected chi connectivity index (χ3v) is 6.29. The first-order chi connectivity index (χ1) is 12.1. The van der Waals surface area contributed by atoms with Crippen LogP contribution in [0.5, 0.6) is 0 Å². The summed E-state index contributed by atoms with van der Waals surface area (Å²) in [6.45, 7) is 9.73. The van der Waals surface area contributed by atoms with Gasteiger partial charge >= 0.3 is 0 Å². The van der Waals surface area contributed by atoms with E-state index in [2.05, 4.69) is 39.4 Å². The van der Waals surface area contributed by atoms with Crippen LogP contribution in [-0.2, 0) is 4.79 Å². The molecule has 3 heterocycles. The summed E-state index contributed by atoms with van der Waals surface area (Å²) in [5, 5.41) is 0. The van der Waals surface area contributed by atoms with Gasteiger partial charge in [-0.15, -0.1) is 0 Å². The number of hydrogen-bond acceptors (Lipinski definition) is 4. The molecule has 5 nitrogen and oxygen atoms in total. The number of thioether (sulfide) groups is 1. The third-order valence-electron chi connectivity index (χ3n) is 5.37. The van der Waals surface area contributed by atoms with Gasteiger partial charge in [-0.05, 0) is 52.6 Å². The maximum Gasteiger partial charge on any atom is 0.232 e. The van der Waals surface area contributed by atoms with Gasteiger partial charge in [0.25, 0.3) is 0 Å². The lowest BCUT2D eigenvalue weighted by Gasteiger charge is -2.33. The third kappa shape index (κ3) is 5.00. The Hall–Kier alpha value is -1.01. The van der Waals surface area contributed by atoms with Gasteiger partial charge in [0, 0.05) is 49.7 Å². The molecule has 1 atom stereocenters. The second-order valence-electron chi connectivity index (χ2n) is 7.57. The first kappa shape index (κ1) is 18.8. The van der Waals surface area contributed by atoms with Gasteiger partial charge in [0.1, 0.15) is 5.82 Å². The molecular formula is C19H32N4OS. The van der Waals surface area contributed by atoms with Crippen LogP contribution in [0, 0.1) is 0 Å². The fraction of sp³-hybridized carbons (Fsp3) is 0.789. The van der Waals surface area contributed by atoms with E-state index in [0.29, 0.717) is 23.6 Å². The zero-order valence-electron chi connectivity index (χ0n) is 15.7. The van der Waals surface area contributed by atoms with Crippen molar-refractivity contribution in [2.45, 2.75) is 51.5 Å². The van der Waals surface area contributed by atoms with Gasteiger partial charge in [-0.1, -0.05) is 0 Å². The van der Waals surface area contributed by atoms with Crippen molar-refractivity contribution in [3.63, 3.8) is 0 Å². The number of piperidine rings is 1. The minimum Gasteiger partial charge on any atom is -0.341 e. The summed E-state index contributed by atoms with van der Waals surface area (Å²) in [5.41, 5.74) is 0. The van der Waals surface area contributed by atoms with Gasteiger partial charge < -0.3 is 14.4 Å². The maximum atomic E-state index is 12.6. The highest BCUT2D eigenvalue weighted by molar-refractivity contribution is 7.99. The van der Waals surface area contributed by atoms with E-state index < -0.39 is 0 Å². The largest absolute Gasteiger partial charge is 0.341 e. The van der Waals surface area contributed by atoms with Gasteiger partial charge in [0.05, 0.1) is 5.75 Å². The molecule has 0 bridgehead atoms. The SMILES string of the molecule is CC(C)n1ccnc1[C@H]1CCCN(C(=O)CSCCN2CCCC2)C1. The minimum absolute atomic E-state index is 0.304. The van der Waals surface area contributed by atoms with Crippen LogP contribution >= 0.6 is 11.8 Å². The average molecular weight is 365 g/mol. The molecule has 0 unspecified atom stereocenters. The lowest BCUT2D eigenvalue weighted by molar-refractivity contribution is -0.129. The van der Waals surface area contributed by atoms with Crippen LogP contribution in [0.3, 0.4) is 0 Å². The standard InChI is InChI=1S/C19H32N4OS/c1-16(2)23-11-7-20-19(23)17-6-5-10-22(14-17)18(24)15-25-13-12-21-8-3-4-9-21/h7,11,16-17H,3-6,8-10,12-15H2,1-2H3/t17-/m0/s1. The Balaban J connectivity index is 1.45. The predicted molar refractivity (Wildman–Crippen MR) is 104 cm³/mol. The zero-order valence-corrected chi connectivity index (χ0v) is 16.5. The Bertz CT molecular complexity index is 553. The van der Waals surface area contributed by atoms with Gasteiger partial charge in [0.15, 0.2) is 0 Å². The number of rotatable bonds is 7. The maximum absolute atomic E-state index is 12.6. The smallest absolute Gasteiger partial charge is 0.232 e. The van der Waals surface area contributed by atoms with Crippen LogP contribution in [0.25, 0.3) is 0 Å². The van der Waals surface area contributed by atoms with Gasteiger partial charge in [-0.3, -0.25) is 4.79 Å². The number of nitrogens with zero attached hydrogens (tertiary/aromatic N) is 4. The lowest BCUT2D eigenvalue weighted by Crippen LogP contribution is -2.41. The second kappa shape index (κ2) is 9.08. The highest BCUT2D eigenvalue weighted by atomic mass is 32.2. The number of imidazole rings is 1. The van der Waals surface area contributed by atoms with E-state index in [9.17, 15) is 4.79 Å². The molecule has 6 heteroatoms. The van der Waals surface area contributed by atoms with Gasteiger partial charge in [0.2, 0.25) is 5.91 Å². The molecule has 0 radical (unpaired) electrons. The summed E-state index contributed by atoms with van der Waals surface area (Å²) in [5.74, 6) is 3.53. The van der Waals surface area contributed by atoms with Gasteiger partial charge in [-0.2, -0.15) is 11.8 Å². The first-order valence-corrected chi connectivity index (χ1v) is 10.9. The molecule has 3 rings (SSSR count). The Morgan fingerprint density at radius 1 is 1.28 bits per heavy atom. The summed E-state index contributed by atoms with van der Waals surface area (Å²) >= 11 is 1.79. The molecule has 2 aliphatic rings. The Kier molecular flexibility index (Phi) is 6.82. The van der Waals surface area contributed by atoms with Crippen molar-refractivity contribution in [2.75, 3.05) is 44.2 Å². The lowest BCUT2D eigenvalue weighted by atomic mass is 9.97. The van der Waals surface area contributed by atoms with E-state index in [1.807, 2.05) is 6.20 Å². The van der Waals surface area contributed by atoms with E-state index in [0.717, 1.165) is 44.1 Å².